The number of nitrogens with one attached hydrogen (secondary N) is 1. The lowest BCUT2D eigenvalue weighted by Gasteiger charge is -2.41. The molecule has 1 aromatic rings. The van der Waals surface area contributed by atoms with Crippen LogP contribution in [0.2, 0.25) is 0 Å². The minimum absolute atomic E-state index is 0.0445. The maximum Gasteiger partial charge on any atom is 0.348 e. The third kappa shape index (κ3) is 2.98. The normalized spacial score (nSPS) is 26.8. The fourth-order valence-corrected chi connectivity index (χ4v) is 5.57. The van der Waals surface area contributed by atoms with Crippen LogP contribution >= 0.6 is 0 Å². The zero-order chi connectivity index (χ0) is 18.4. The molecule has 0 radical (unpaired) electrons. The van der Waals surface area contributed by atoms with E-state index in [1.807, 2.05) is 14.1 Å². The summed E-state index contributed by atoms with van der Waals surface area (Å²) < 4.78 is 26.3. The smallest absolute Gasteiger partial charge is 0.348 e. The third-order valence-corrected chi connectivity index (χ3v) is 7.14. The Kier molecular flexibility index (Phi) is 4.46. The number of benzene rings is 1. The van der Waals surface area contributed by atoms with Crippen LogP contribution in [0.15, 0.2) is 29.2 Å². The van der Waals surface area contributed by atoms with Gasteiger partial charge in [-0.3, -0.25) is 10.0 Å². The average Bonchev–Trinajstić information content (AvgIpc) is 2.59. The molecule has 1 aromatic carbocycles. The largest absolute Gasteiger partial charge is 0.378 e. The molecule has 1 aliphatic carbocycles. The Morgan fingerprint density at radius 1 is 1.24 bits per heavy atom. The minimum atomic E-state index is -3.75. The van der Waals surface area contributed by atoms with Gasteiger partial charge in [-0.2, -0.15) is 0 Å². The van der Waals surface area contributed by atoms with E-state index in [2.05, 4.69) is 5.32 Å². The molecule has 3 rings (SSSR count). The molecule has 136 valence electrons. The number of carbonyl (C=O) groups is 2. The van der Waals surface area contributed by atoms with E-state index < -0.39 is 39.0 Å². The van der Waals surface area contributed by atoms with Crippen molar-refractivity contribution in [2.24, 2.45) is 5.92 Å². The Hall–Kier alpha value is -2.13. The lowest BCUT2D eigenvalue weighted by molar-refractivity contribution is -0.163. The van der Waals surface area contributed by atoms with Crippen molar-refractivity contribution in [2.45, 2.75) is 35.4 Å². The lowest BCUT2D eigenvalue weighted by atomic mass is 9.82. The second-order valence-corrected chi connectivity index (χ2v) is 8.80. The fourth-order valence-electron chi connectivity index (χ4n) is 3.55. The maximum atomic E-state index is 13.2. The molecule has 1 aliphatic heterocycles. The SMILES string of the molecule is CN(C)c1cccc(S(=O)(=O)C2CCCC3C(=O)N(O)C(=O)NC32)c1. The Bertz CT molecular complexity index is 808. The summed E-state index contributed by atoms with van der Waals surface area (Å²) in [5.41, 5.74) is 0.749. The van der Waals surface area contributed by atoms with Gasteiger partial charge in [0.1, 0.15) is 0 Å². The highest BCUT2D eigenvalue weighted by Crippen LogP contribution is 2.35. The predicted molar refractivity (Wildman–Crippen MR) is 90.0 cm³/mol. The van der Waals surface area contributed by atoms with Crippen LogP contribution in [0.4, 0.5) is 10.5 Å². The zero-order valence-electron chi connectivity index (χ0n) is 14.0. The molecule has 8 nitrogen and oxygen atoms in total. The molecule has 3 atom stereocenters. The summed E-state index contributed by atoms with van der Waals surface area (Å²) in [6, 6.07) is 4.78. The van der Waals surface area contributed by atoms with E-state index in [9.17, 15) is 23.2 Å². The van der Waals surface area contributed by atoms with Gasteiger partial charge in [0.15, 0.2) is 9.84 Å². The van der Waals surface area contributed by atoms with Gasteiger partial charge in [0.25, 0.3) is 5.91 Å². The number of urea groups is 1. The number of hydrogen-bond acceptors (Lipinski definition) is 6. The summed E-state index contributed by atoms with van der Waals surface area (Å²) in [4.78, 5) is 25.9. The zero-order valence-corrected chi connectivity index (χ0v) is 14.9. The number of rotatable bonds is 3. The monoisotopic (exact) mass is 367 g/mol. The standard InChI is InChI=1S/C16H21N3O5S/c1-18(2)10-5-3-6-11(9-10)25(23,24)13-8-4-7-12-14(13)17-16(21)19(22)15(12)20/h3,5-6,9,12-14,22H,4,7-8H2,1-2H3,(H,17,21). The van der Waals surface area contributed by atoms with E-state index in [1.54, 1.807) is 23.1 Å². The van der Waals surface area contributed by atoms with Gasteiger partial charge in [0.2, 0.25) is 0 Å². The second-order valence-electron chi connectivity index (χ2n) is 6.64. The Morgan fingerprint density at radius 3 is 2.64 bits per heavy atom. The van der Waals surface area contributed by atoms with Crippen molar-refractivity contribution < 1.29 is 23.2 Å². The fraction of sp³-hybridized carbons (Fsp3) is 0.500. The highest BCUT2D eigenvalue weighted by atomic mass is 32.2. The van der Waals surface area contributed by atoms with Crippen LogP contribution in [0.5, 0.6) is 0 Å². The summed E-state index contributed by atoms with van der Waals surface area (Å²) in [5.74, 6) is -1.47. The van der Waals surface area contributed by atoms with E-state index in [1.165, 1.54) is 6.07 Å². The highest BCUT2D eigenvalue weighted by Gasteiger charge is 2.50. The van der Waals surface area contributed by atoms with Crippen molar-refractivity contribution >= 4 is 27.5 Å². The minimum Gasteiger partial charge on any atom is -0.378 e. The number of nitrogens with zero attached hydrogens (tertiary/aromatic N) is 2. The topological polar surface area (TPSA) is 107 Å². The van der Waals surface area contributed by atoms with Gasteiger partial charge < -0.3 is 10.2 Å². The first kappa shape index (κ1) is 17.7. The number of imide groups is 1. The van der Waals surface area contributed by atoms with E-state index in [4.69, 9.17) is 0 Å². The van der Waals surface area contributed by atoms with Gasteiger partial charge in [0.05, 0.1) is 22.1 Å². The van der Waals surface area contributed by atoms with Gasteiger partial charge in [-0.1, -0.05) is 12.5 Å². The summed E-state index contributed by atoms with van der Waals surface area (Å²) >= 11 is 0. The van der Waals surface area contributed by atoms with Gasteiger partial charge in [-0.05, 0) is 31.0 Å². The van der Waals surface area contributed by atoms with Crippen molar-refractivity contribution in [3.8, 4) is 0 Å². The van der Waals surface area contributed by atoms with Crippen molar-refractivity contribution in [3.63, 3.8) is 0 Å². The molecule has 9 heteroatoms. The third-order valence-electron chi connectivity index (χ3n) is 4.91. The molecule has 2 aliphatic rings. The van der Waals surface area contributed by atoms with Crippen LogP contribution in [0, 0.1) is 5.92 Å². The molecule has 1 heterocycles. The molecule has 3 unspecified atom stereocenters. The first-order chi connectivity index (χ1) is 11.7. The number of carbonyl (C=O) groups excluding carboxylic acids is 2. The summed E-state index contributed by atoms with van der Waals surface area (Å²) in [6.45, 7) is 0. The Labute approximate surface area is 146 Å². The van der Waals surface area contributed by atoms with Gasteiger partial charge in [0, 0.05) is 19.8 Å². The Morgan fingerprint density at radius 2 is 1.96 bits per heavy atom. The van der Waals surface area contributed by atoms with Crippen LogP contribution in [0.25, 0.3) is 0 Å². The maximum absolute atomic E-state index is 13.2. The van der Waals surface area contributed by atoms with Crippen LogP contribution < -0.4 is 10.2 Å². The number of hydroxylamine groups is 2. The van der Waals surface area contributed by atoms with Gasteiger partial charge in [-0.25, -0.2) is 13.2 Å². The van der Waals surface area contributed by atoms with Crippen molar-refractivity contribution in [2.75, 3.05) is 19.0 Å². The van der Waals surface area contributed by atoms with E-state index in [0.717, 1.165) is 5.69 Å². The molecule has 0 spiro atoms. The van der Waals surface area contributed by atoms with Gasteiger partial charge >= 0.3 is 6.03 Å². The quantitative estimate of drug-likeness (QED) is 0.772. The van der Waals surface area contributed by atoms with Gasteiger partial charge in [-0.15, -0.1) is 5.06 Å². The molecule has 0 bridgehead atoms. The van der Waals surface area contributed by atoms with Crippen LogP contribution in [-0.4, -0.2) is 56.0 Å². The van der Waals surface area contributed by atoms with Crippen molar-refractivity contribution in [3.05, 3.63) is 24.3 Å². The summed E-state index contributed by atoms with van der Waals surface area (Å²) in [5, 5.41) is 11.1. The molecule has 0 aromatic heterocycles. The highest BCUT2D eigenvalue weighted by molar-refractivity contribution is 7.92. The molecular formula is C16H21N3O5S. The average molecular weight is 367 g/mol. The van der Waals surface area contributed by atoms with Crippen molar-refractivity contribution in [1.82, 2.24) is 10.4 Å². The molecule has 25 heavy (non-hydrogen) atoms. The molecule has 2 fully saturated rings. The van der Waals surface area contributed by atoms with Crippen molar-refractivity contribution in [1.29, 1.82) is 0 Å². The molecule has 1 saturated heterocycles. The van der Waals surface area contributed by atoms with E-state index in [-0.39, 0.29) is 9.96 Å². The number of anilines is 1. The number of amides is 3. The van der Waals surface area contributed by atoms with Crippen LogP contribution in [-0.2, 0) is 14.6 Å². The Balaban J connectivity index is 1.98. The number of hydrogen-bond donors (Lipinski definition) is 2. The molecule has 3 amide bonds. The molecule has 1 saturated carbocycles. The molecular weight excluding hydrogens is 346 g/mol. The van der Waals surface area contributed by atoms with E-state index in [0.29, 0.717) is 19.3 Å². The number of sulfone groups is 1. The summed E-state index contributed by atoms with van der Waals surface area (Å²) in [7, 11) is -0.111. The second kappa shape index (κ2) is 6.30. The lowest BCUT2D eigenvalue weighted by Crippen LogP contribution is -2.64. The predicted octanol–water partition coefficient (Wildman–Crippen LogP) is 1.00. The summed E-state index contributed by atoms with van der Waals surface area (Å²) in [6.07, 6.45) is 1.33. The first-order valence-corrected chi connectivity index (χ1v) is 9.62. The molecule has 2 N–H and O–H groups in total. The van der Waals surface area contributed by atoms with E-state index >= 15 is 0 Å². The van der Waals surface area contributed by atoms with Crippen LogP contribution in [0.1, 0.15) is 19.3 Å². The first-order valence-electron chi connectivity index (χ1n) is 8.08. The van der Waals surface area contributed by atoms with Crippen LogP contribution in [0.3, 0.4) is 0 Å². The number of fused-ring (bicyclic) bond motifs is 1.